The van der Waals surface area contributed by atoms with E-state index < -0.39 is 16.8 Å². The highest BCUT2D eigenvalue weighted by atomic mass is 16.4. The van der Waals surface area contributed by atoms with Gasteiger partial charge in [0.05, 0.1) is 22.0 Å². The first-order valence-electron chi connectivity index (χ1n) is 16.4. The fourth-order valence-electron chi connectivity index (χ4n) is 5.16. The number of carboxylic acids is 1. The van der Waals surface area contributed by atoms with Crippen molar-refractivity contribution >= 4 is 23.5 Å². The summed E-state index contributed by atoms with van der Waals surface area (Å²) in [6, 6.07) is 12.1. The molecule has 4 rings (SSSR count). The highest BCUT2D eigenvalue weighted by molar-refractivity contribution is 5.82. The minimum Gasteiger partial charge on any atom is -0.481 e. The number of anilines is 2. The third kappa shape index (κ3) is 12.4. The number of rotatable bonds is 8. The molecule has 2 aliphatic heterocycles. The van der Waals surface area contributed by atoms with Gasteiger partial charge in [0.1, 0.15) is 23.8 Å². The molecule has 4 heterocycles. The first-order chi connectivity index (χ1) is 23.2. The van der Waals surface area contributed by atoms with Crippen LogP contribution in [0.15, 0.2) is 36.7 Å². The van der Waals surface area contributed by atoms with Crippen LogP contribution in [0.3, 0.4) is 0 Å². The molecule has 0 radical (unpaired) electrons. The van der Waals surface area contributed by atoms with E-state index in [2.05, 4.69) is 53.8 Å². The molecule has 2 aromatic rings. The van der Waals surface area contributed by atoms with E-state index in [0.29, 0.717) is 62.7 Å². The van der Waals surface area contributed by atoms with Crippen LogP contribution in [0.4, 0.5) is 11.6 Å². The highest BCUT2D eigenvalue weighted by Crippen LogP contribution is 2.27. The summed E-state index contributed by atoms with van der Waals surface area (Å²) in [5.41, 5.74) is -0.0952. The van der Waals surface area contributed by atoms with Gasteiger partial charge in [0, 0.05) is 76.6 Å². The Labute approximate surface area is 290 Å². The van der Waals surface area contributed by atoms with Gasteiger partial charge in [-0.2, -0.15) is 10.5 Å². The fourth-order valence-corrected chi connectivity index (χ4v) is 5.16. The van der Waals surface area contributed by atoms with Crippen LogP contribution in [0.2, 0.25) is 0 Å². The van der Waals surface area contributed by atoms with Crippen molar-refractivity contribution in [2.45, 2.75) is 66.5 Å². The Bertz CT molecular complexity index is 1550. The molecule has 2 saturated heterocycles. The number of hydrogen-bond donors (Lipinski definition) is 2. The molecule has 2 unspecified atom stereocenters. The van der Waals surface area contributed by atoms with Gasteiger partial charge in [-0.1, -0.05) is 13.8 Å². The molecule has 1 amide bonds. The van der Waals surface area contributed by atoms with E-state index in [9.17, 15) is 9.59 Å². The van der Waals surface area contributed by atoms with E-state index in [1.54, 1.807) is 32.3 Å². The Morgan fingerprint density at radius 1 is 0.878 bits per heavy atom. The van der Waals surface area contributed by atoms with Gasteiger partial charge in [-0.15, -0.1) is 0 Å². The van der Waals surface area contributed by atoms with E-state index >= 15 is 0 Å². The molecule has 13 nitrogen and oxygen atoms in total. The lowest BCUT2D eigenvalue weighted by atomic mass is 9.87. The fraction of sp³-hybridized carbons (Fsp3) is 0.556. The molecular weight excluding hydrogens is 620 g/mol. The van der Waals surface area contributed by atoms with E-state index in [0.717, 1.165) is 31.3 Å². The van der Waals surface area contributed by atoms with Crippen LogP contribution in [0.5, 0.6) is 0 Å². The summed E-state index contributed by atoms with van der Waals surface area (Å²) in [4.78, 5) is 44.6. The number of hydrogen-bond acceptors (Lipinski definition) is 9. The number of nitrogens with zero attached hydrogens (tertiary/aromatic N) is 9. The number of piperazine rings is 2. The third-order valence-electron chi connectivity index (χ3n) is 8.51. The number of carbonyl (C=O) groups excluding carboxylic acids is 1. The van der Waals surface area contributed by atoms with Crippen LogP contribution in [-0.2, 0) is 9.59 Å². The molecule has 2 aromatic heterocycles. The second kappa shape index (κ2) is 18.9. The average Bonchev–Trinajstić information content (AvgIpc) is 3.10. The van der Waals surface area contributed by atoms with E-state index in [-0.39, 0.29) is 11.9 Å². The summed E-state index contributed by atoms with van der Waals surface area (Å²) in [5, 5.41) is 29.5. The Balaban J connectivity index is 0.000000284. The van der Waals surface area contributed by atoms with Crippen LogP contribution in [-0.4, -0.2) is 96.3 Å². The molecule has 0 spiro atoms. The zero-order valence-electron chi connectivity index (χ0n) is 29.5. The Kier molecular flexibility index (Phi) is 15.4. The summed E-state index contributed by atoms with van der Waals surface area (Å²) in [6.07, 6.45) is 4.21. The third-order valence-corrected chi connectivity index (χ3v) is 8.51. The van der Waals surface area contributed by atoms with E-state index in [1.165, 1.54) is 0 Å². The lowest BCUT2D eigenvalue weighted by Crippen LogP contribution is -2.57. The quantitative estimate of drug-likeness (QED) is 0.384. The monoisotopic (exact) mass is 668 g/mol. The first-order valence-corrected chi connectivity index (χ1v) is 16.4. The summed E-state index contributed by atoms with van der Waals surface area (Å²) in [6.45, 7) is 30.3. The second-order valence-corrected chi connectivity index (χ2v) is 13.5. The minimum atomic E-state index is -0.837. The number of aromatic nitrogens is 2. The molecule has 49 heavy (non-hydrogen) atoms. The van der Waals surface area contributed by atoms with Gasteiger partial charge in [-0.25, -0.2) is 23.1 Å². The molecule has 0 aromatic carbocycles. The molecule has 2 N–H and O–H groups in total. The number of aliphatic carboxylic acids is 1. The van der Waals surface area contributed by atoms with Gasteiger partial charge in [-0.05, 0) is 52.0 Å². The molecule has 13 heteroatoms. The van der Waals surface area contributed by atoms with Crippen LogP contribution >= 0.6 is 0 Å². The summed E-state index contributed by atoms with van der Waals surface area (Å²) in [5.74, 6) is 1.07. The van der Waals surface area contributed by atoms with Gasteiger partial charge in [0.25, 0.3) is 0 Å². The average molecular weight is 669 g/mol. The predicted molar refractivity (Wildman–Crippen MR) is 188 cm³/mol. The number of carbonyl (C=O) groups is 2. The van der Waals surface area contributed by atoms with Crippen LogP contribution in [0.25, 0.3) is 9.69 Å². The summed E-state index contributed by atoms with van der Waals surface area (Å²) in [7, 11) is 0. The number of carboxylic acid groups (broad SMARTS) is 1. The van der Waals surface area contributed by atoms with Crippen molar-refractivity contribution in [3.8, 4) is 12.1 Å². The van der Waals surface area contributed by atoms with Gasteiger partial charge in [-0.3, -0.25) is 9.59 Å². The standard InChI is InChI=1S/C18H23N5O.C11H14N4.C7H11NO2/c1-14-13-22(16-6-5-15(11-19)12-21-16)9-10-23(14)17(24)18(2,3)7-8-20-4;1-9-8-15(5-4-13-9)11-3-2-10(6-12)7-14-11;1-7(2,6(9)10)4-5-8-3/h5-6,12,14H,7-10,13H2,1-3H3;2-3,7,9,13H,4-5,8H2,1H3;4-5H2,1-2H3,(H,9,10). The van der Waals surface area contributed by atoms with Crippen molar-refractivity contribution in [3.05, 3.63) is 70.6 Å². The Morgan fingerprint density at radius 3 is 1.80 bits per heavy atom. The number of amides is 1. The van der Waals surface area contributed by atoms with Crippen molar-refractivity contribution in [2.75, 3.05) is 62.2 Å². The first kappa shape index (κ1) is 39.9. The van der Waals surface area contributed by atoms with Crippen LogP contribution in [0.1, 0.15) is 65.5 Å². The van der Waals surface area contributed by atoms with Gasteiger partial charge in [0.15, 0.2) is 0 Å². The van der Waals surface area contributed by atoms with Crippen LogP contribution in [0, 0.1) is 46.6 Å². The van der Waals surface area contributed by atoms with Gasteiger partial charge >= 0.3 is 5.97 Å². The summed E-state index contributed by atoms with van der Waals surface area (Å²) >= 11 is 0. The molecule has 2 atom stereocenters. The topological polar surface area (TPSA) is 158 Å². The predicted octanol–water partition coefficient (Wildman–Crippen LogP) is 4.48. The van der Waals surface area contributed by atoms with Crippen molar-refractivity contribution in [1.29, 1.82) is 10.5 Å². The zero-order chi connectivity index (χ0) is 36.6. The SMILES string of the molecule is CC1CN(c2ccc(C#N)cn2)CCN1.[C-]#[N+]CCC(C)(C)C(=O)N1CCN(c2ccc(C#N)cn2)CC1C.[C-]#[N+]CCC(C)(C)C(=O)O. The van der Waals surface area contributed by atoms with Crippen molar-refractivity contribution in [3.63, 3.8) is 0 Å². The lowest BCUT2D eigenvalue weighted by Gasteiger charge is -2.43. The molecule has 260 valence electrons. The van der Waals surface area contributed by atoms with Crippen LogP contribution < -0.4 is 15.1 Å². The molecule has 2 aliphatic rings. The van der Waals surface area contributed by atoms with Crippen molar-refractivity contribution in [2.24, 2.45) is 10.8 Å². The molecule has 2 fully saturated rings. The van der Waals surface area contributed by atoms with E-state index in [1.807, 2.05) is 43.9 Å². The molecular formula is C36H48N10O3. The largest absolute Gasteiger partial charge is 0.481 e. The smallest absolute Gasteiger partial charge is 0.309 e. The Hall–Kier alpha value is -5.24. The van der Waals surface area contributed by atoms with Gasteiger partial charge < -0.3 is 34.8 Å². The number of nitriles is 2. The maximum Gasteiger partial charge on any atom is 0.309 e. The van der Waals surface area contributed by atoms with E-state index in [4.69, 9.17) is 28.8 Å². The summed E-state index contributed by atoms with van der Waals surface area (Å²) < 4.78 is 0. The van der Waals surface area contributed by atoms with Gasteiger partial charge in [0.2, 0.25) is 19.0 Å². The lowest BCUT2D eigenvalue weighted by molar-refractivity contribution is -0.147. The maximum atomic E-state index is 12.8. The number of nitrogens with one attached hydrogen (secondary N) is 1. The maximum absolute atomic E-state index is 12.8. The highest BCUT2D eigenvalue weighted by Gasteiger charge is 2.37. The van der Waals surface area contributed by atoms with Crippen molar-refractivity contribution in [1.82, 2.24) is 20.2 Å². The second-order valence-electron chi connectivity index (χ2n) is 13.5. The van der Waals surface area contributed by atoms with Crippen molar-refractivity contribution < 1.29 is 14.7 Å². The molecule has 0 bridgehead atoms. The minimum absolute atomic E-state index is 0.0795. The zero-order valence-corrected chi connectivity index (χ0v) is 29.5. The number of pyridine rings is 2. The normalized spacial score (nSPS) is 17.4. The molecule has 0 saturated carbocycles. The molecule has 0 aliphatic carbocycles. The Morgan fingerprint density at radius 2 is 1.39 bits per heavy atom.